The van der Waals surface area contributed by atoms with E-state index < -0.39 is 5.54 Å². The van der Waals surface area contributed by atoms with Crippen LogP contribution in [-0.2, 0) is 10.3 Å². The predicted molar refractivity (Wildman–Crippen MR) is 79.3 cm³/mol. The minimum absolute atomic E-state index is 0.407. The Kier molecular flexibility index (Phi) is 5.13. The van der Waals surface area contributed by atoms with Gasteiger partial charge in [0.05, 0.1) is 12.7 Å². The highest BCUT2D eigenvalue weighted by Crippen LogP contribution is 2.23. The van der Waals surface area contributed by atoms with Gasteiger partial charge in [-0.2, -0.15) is 5.26 Å². The molecule has 2 rings (SSSR count). The van der Waals surface area contributed by atoms with Crippen molar-refractivity contribution in [3.05, 3.63) is 35.9 Å². The summed E-state index contributed by atoms with van der Waals surface area (Å²) in [6.07, 6.45) is 1.04. The zero-order chi connectivity index (χ0) is 14.4. The van der Waals surface area contributed by atoms with E-state index in [1.807, 2.05) is 37.3 Å². The summed E-state index contributed by atoms with van der Waals surface area (Å²) in [5, 5.41) is 13.2. The van der Waals surface area contributed by atoms with E-state index in [1.54, 1.807) is 0 Å². The quantitative estimate of drug-likeness (QED) is 0.857. The molecule has 2 atom stereocenters. The highest BCUT2D eigenvalue weighted by Gasteiger charge is 2.35. The molecule has 1 N–H and O–H groups in total. The zero-order valence-corrected chi connectivity index (χ0v) is 12.3. The molecule has 0 spiro atoms. The van der Waals surface area contributed by atoms with Crippen LogP contribution in [0.1, 0.15) is 18.9 Å². The van der Waals surface area contributed by atoms with E-state index >= 15 is 0 Å². The molecule has 0 aliphatic carbocycles. The fourth-order valence-corrected chi connectivity index (χ4v) is 2.79. The van der Waals surface area contributed by atoms with Crippen LogP contribution in [0.25, 0.3) is 0 Å². The van der Waals surface area contributed by atoms with Crippen LogP contribution in [0.4, 0.5) is 0 Å². The molecule has 1 heterocycles. The van der Waals surface area contributed by atoms with Crippen LogP contribution in [-0.4, -0.2) is 44.3 Å². The van der Waals surface area contributed by atoms with Gasteiger partial charge in [-0.1, -0.05) is 37.3 Å². The molecule has 4 heteroatoms. The van der Waals surface area contributed by atoms with Gasteiger partial charge >= 0.3 is 0 Å². The highest BCUT2D eigenvalue weighted by atomic mass is 16.5. The number of rotatable bonds is 6. The summed E-state index contributed by atoms with van der Waals surface area (Å²) < 4.78 is 5.45. The Morgan fingerprint density at radius 3 is 2.75 bits per heavy atom. The van der Waals surface area contributed by atoms with Gasteiger partial charge in [0.25, 0.3) is 0 Å². The number of hydrogen-bond donors (Lipinski definition) is 1. The van der Waals surface area contributed by atoms with Crippen molar-refractivity contribution in [3.63, 3.8) is 0 Å². The van der Waals surface area contributed by atoms with Crippen LogP contribution in [0.5, 0.6) is 0 Å². The van der Waals surface area contributed by atoms with Gasteiger partial charge in [0.1, 0.15) is 5.54 Å². The lowest BCUT2D eigenvalue weighted by Gasteiger charge is -2.34. The second-order valence-corrected chi connectivity index (χ2v) is 5.35. The number of nitrogens with one attached hydrogen (secondary N) is 1. The van der Waals surface area contributed by atoms with Crippen LogP contribution in [0.15, 0.2) is 30.3 Å². The van der Waals surface area contributed by atoms with Gasteiger partial charge in [-0.15, -0.1) is 0 Å². The summed E-state index contributed by atoms with van der Waals surface area (Å²) in [5.41, 5.74) is 0.364. The third kappa shape index (κ3) is 3.18. The first kappa shape index (κ1) is 15.0. The molecular weight excluding hydrogens is 250 g/mol. The fourth-order valence-electron chi connectivity index (χ4n) is 2.79. The lowest BCUT2D eigenvalue weighted by atomic mass is 9.90. The third-order valence-corrected chi connectivity index (χ3v) is 3.95. The molecule has 4 nitrogen and oxygen atoms in total. The maximum Gasteiger partial charge on any atom is 0.145 e. The van der Waals surface area contributed by atoms with Crippen LogP contribution < -0.4 is 5.32 Å². The summed E-state index contributed by atoms with van der Waals surface area (Å²) in [4.78, 5) is 2.24. The number of benzene rings is 1. The van der Waals surface area contributed by atoms with E-state index in [9.17, 15) is 5.26 Å². The van der Waals surface area contributed by atoms with Crippen molar-refractivity contribution in [3.8, 4) is 6.07 Å². The summed E-state index contributed by atoms with van der Waals surface area (Å²) in [6, 6.07) is 12.9. The summed E-state index contributed by atoms with van der Waals surface area (Å²) in [7, 11) is 2.08. The normalized spacial score (nSPS) is 21.6. The number of ether oxygens (including phenoxy) is 1. The lowest BCUT2D eigenvalue weighted by Crippen LogP contribution is -2.51. The molecule has 0 bridgehead atoms. The average Bonchev–Trinajstić information content (AvgIpc) is 3.02. The van der Waals surface area contributed by atoms with Gasteiger partial charge in [-0.25, -0.2) is 0 Å². The van der Waals surface area contributed by atoms with E-state index in [-0.39, 0.29) is 0 Å². The minimum Gasteiger partial charge on any atom is -0.380 e. The van der Waals surface area contributed by atoms with Crippen molar-refractivity contribution >= 4 is 0 Å². The SMILES string of the molecule is CCNC(C#N)(CN(C)C1CCOC1)c1ccccc1. The van der Waals surface area contributed by atoms with E-state index in [2.05, 4.69) is 23.3 Å². The first-order valence-electron chi connectivity index (χ1n) is 7.21. The Bertz CT molecular complexity index is 451. The van der Waals surface area contributed by atoms with Crippen molar-refractivity contribution in [2.75, 3.05) is 33.4 Å². The van der Waals surface area contributed by atoms with Gasteiger partial charge in [-0.05, 0) is 25.6 Å². The zero-order valence-electron chi connectivity index (χ0n) is 12.3. The molecule has 1 saturated heterocycles. The molecule has 1 aliphatic rings. The van der Waals surface area contributed by atoms with Crippen molar-refractivity contribution in [1.82, 2.24) is 10.2 Å². The first-order chi connectivity index (χ1) is 9.72. The number of nitriles is 1. The predicted octanol–water partition coefficient (Wildman–Crippen LogP) is 1.74. The highest BCUT2D eigenvalue weighted by molar-refractivity contribution is 5.32. The van der Waals surface area contributed by atoms with Gasteiger partial charge in [-0.3, -0.25) is 10.2 Å². The molecule has 1 aromatic rings. The number of hydrogen-bond acceptors (Lipinski definition) is 4. The van der Waals surface area contributed by atoms with Crippen molar-refractivity contribution < 1.29 is 4.74 Å². The molecule has 2 unspecified atom stereocenters. The Hall–Kier alpha value is -1.41. The largest absolute Gasteiger partial charge is 0.380 e. The van der Waals surface area contributed by atoms with Gasteiger partial charge in [0.15, 0.2) is 0 Å². The first-order valence-corrected chi connectivity index (χ1v) is 7.21. The van der Waals surface area contributed by atoms with Gasteiger partial charge in [0.2, 0.25) is 0 Å². The van der Waals surface area contributed by atoms with Gasteiger partial charge < -0.3 is 4.74 Å². The Morgan fingerprint density at radius 2 is 2.20 bits per heavy atom. The average molecular weight is 273 g/mol. The van der Waals surface area contributed by atoms with E-state index in [0.29, 0.717) is 12.6 Å². The molecule has 1 aliphatic heterocycles. The van der Waals surface area contributed by atoms with Crippen molar-refractivity contribution in [2.24, 2.45) is 0 Å². The minimum atomic E-state index is -0.659. The third-order valence-electron chi connectivity index (χ3n) is 3.95. The summed E-state index contributed by atoms with van der Waals surface area (Å²) >= 11 is 0. The molecular formula is C16H23N3O. The van der Waals surface area contributed by atoms with E-state index in [1.165, 1.54) is 0 Å². The Morgan fingerprint density at radius 1 is 1.45 bits per heavy atom. The molecule has 20 heavy (non-hydrogen) atoms. The standard InChI is InChI=1S/C16H23N3O/c1-3-18-16(12-17,14-7-5-4-6-8-14)13-19(2)15-9-10-20-11-15/h4-8,15,18H,3,9-11,13H2,1-2H3. The Balaban J connectivity index is 2.20. The molecule has 0 radical (unpaired) electrons. The molecule has 0 aromatic heterocycles. The Labute approximate surface area is 121 Å². The molecule has 1 aromatic carbocycles. The van der Waals surface area contributed by atoms with Crippen LogP contribution in [0, 0.1) is 11.3 Å². The second kappa shape index (κ2) is 6.85. The van der Waals surface area contributed by atoms with Gasteiger partial charge in [0, 0.05) is 19.2 Å². The molecule has 0 amide bonds. The number of likely N-dealkylation sites (N-methyl/N-ethyl adjacent to an activating group) is 2. The monoisotopic (exact) mass is 273 g/mol. The lowest BCUT2D eigenvalue weighted by molar-refractivity contribution is 0.144. The maximum absolute atomic E-state index is 9.78. The topological polar surface area (TPSA) is 48.3 Å². The van der Waals surface area contributed by atoms with Crippen LogP contribution in [0.2, 0.25) is 0 Å². The fraction of sp³-hybridized carbons (Fsp3) is 0.562. The van der Waals surface area contributed by atoms with Crippen molar-refractivity contribution in [2.45, 2.75) is 24.9 Å². The van der Waals surface area contributed by atoms with Crippen LogP contribution in [0.3, 0.4) is 0 Å². The smallest absolute Gasteiger partial charge is 0.145 e. The van der Waals surface area contributed by atoms with Crippen molar-refractivity contribution in [1.29, 1.82) is 5.26 Å². The summed E-state index contributed by atoms with van der Waals surface area (Å²) in [6.45, 7) is 5.04. The van der Waals surface area contributed by atoms with Crippen LogP contribution >= 0.6 is 0 Å². The van der Waals surface area contributed by atoms with E-state index in [0.717, 1.165) is 31.7 Å². The molecule has 0 saturated carbocycles. The second-order valence-electron chi connectivity index (χ2n) is 5.35. The number of nitrogens with zero attached hydrogens (tertiary/aromatic N) is 2. The van der Waals surface area contributed by atoms with E-state index in [4.69, 9.17) is 4.74 Å². The maximum atomic E-state index is 9.78. The molecule has 108 valence electrons. The molecule has 1 fully saturated rings. The summed E-state index contributed by atoms with van der Waals surface area (Å²) in [5.74, 6) is 0.